The molecule has 0 bridgehead atoms. The number of benzene rings is 2. The molecule has 0 fully saturated rings. The first-order chi connectivity index (χ1) is 16.1. The second-order valence-corrected chi connectivity index (χ2v) is 9.52. The van der Waals surface area contributed by atoms with Gasteiger partial charge in [-0.3, -0.25) is 14.2 Å². The van der Waals surface area contributed by atoms with Crippen molar-refractivity contribution in [3.05, 3.63) is 76.6 Å². The molecule has 4 rings (SSSR count). The fraction of sp³-hybridized carbons (Fsp3) is 0.280. The van der Waals surface area contributed by atoms with E-state index >= 15 is 0 Å². The lowest BCUT2D eigenvalue weighted by Gasteiger charge is -2.14. The van der Waals surface area contributed by atoms with Crippen LogP contribution in [0.15, 0.2) is 70.6 Å². The molecule has 0 spiro atoms. The molecule has 0 saturated heterocycles. The summed E-state index contributed by atoms with van der Waals surface area (Å²) in [6.45, 7) is 4.41. The summed E-state index contributed by atoms with van der Waals surface area (Å²) < 4.78 is 6.66. The van der Waals surface area contributed by atoms with Crippen LogP contribution in [0.1, 0.15) is 25.8 Å². The van der Waals surface area contributed by atoms with Gasteiger partial charge >= 0.3 is 0 Å². The Morgan fingerprint density at radius 2 is 1.82 bits per heavy atom. The average Bonchev–Trinajstić information content (AvgIpc) is 3.27. The fourth-order valence-corrected chi connectivity index (χ4v) is 5.27. The normalized spacial score (nSPS) is 12.1. The van der Waals surface area contributed by atoms with Gasteiger partial charge in [0.05, 0.1) is 5.75 Å². The van der Waals surface area contributed by atoms with E-state index in [1.807, 2.05) is 62.4 Å². The van der Waals surface area contributed by atoms with Gasteiger partial charge in [-0.15, -0.1) is 0 Å². The molecular formula is C25H26N4O2S2. The van der Waals surface area contributed by atoms with E-state index in [0.717, 1.165) is 18.4 Å². The molecule has 0 unspecified atom stereocenters. The first kappa shape index (κ1) is 23.2. The van der Waals surface area contributed by atoms with E-state index in [4.69, 9.17) is 4.98 Å². The minimum Gasteiger partial charge on any atom is -0.353 e. The minimum absolute atomic E-state index is 0.0628. The van der Waals surface area contributed by atoms with Gasteiger partial charge in [0, 0.05) is 18.2 Å². The lowest BCUT2D eigenvalue weighted by molar-refractivity contribution is -0.119. The third-order valence-electron chi connectivity index (χ3n) is 5.36. The number of carbonyl (C=O) groups excluding carboxylic acids is 1. The lowest BCUT2D eigenvalue weighted by atomic mass is 10.1. The number of rotatable bonds is 9. The number of thioether (sulfide) groups is 1. The highest BCUT2D eigenvalue weighted by Crippen LogP contribution is 2.29. The van der Waals surface area contributed by atoms with E-state index in [0.29, 0.717) is 27.6 Å². The summed E-state index contributed by atoms with van der Waals surface area (Å²) in [5.74, 6) is 0.135. The summed E-state index contributed by atoms with van der Waals surface area (Å²) in [7, 11) is 0. The Balaban J connectivity index is 1.46. The third kappa shape index (κ3) is 5.51. The molecule has 0 radical (unpaired) electrons. The number of aromatic nitrogens is 3. The van der Waals surface area contributed by atoms with Crippen molar-refractivity contribution in [3.8, 4) is 11.3 Å². The SMILES string of the molecule is CCn1c(SCC(=O)N[C@H](C)CCc2ccccc2)nc2c(-c3ccccc3)nsc2c1=O. The van der Waals surface area contributed by atoms with E-state index < -0.39 is 0 Å². The van der Waals surface area contributed by atoms with Crippen molar-refractivity contribution in [2.45, 2.75) is 44.4 Å². The molecule has 6 nitrogen and oxygen atoms in total. The monoisotopic (exact) mass is 478 g/mol. The van der Waals surface area contributed by atoms with Gasteiger partial charge in [-0.2, -0.15) is 4.37 Å². The molecule has 0 aliphatic rings. The van der Waals surface area contributed by atoms with Crippen LogP contribution in [0.25, 0.3) is 21.5 Å². The zero-order valence-electron chi connectivity index (χ0n) is 18.7. The van der Waals surface area contributed by atoms with Crippen molar-refractivity contribution in [3.63, 3.8) is 0 Å². The molecule has 8 heteroatoms. The smallest absolute Gasteiger partial charge is 0.273 e. The number of carbonyl (C=O) groups is 1. The Morgan fingerprint density at radius 1 is 1.12 bits per heavy atom. The molecule has 4 aromatic rings. The van der Waals surface area contributed by atoms with E-state index in [2.05, 4.69) is 21.8 Å². The minimum atomic E-state index is -0.110. The topological polar surface area (TPSA) is 76.9 Å². The molecule has 1 amide bonds. The highest BCUT2D eigenvalue weighted by atomic mass is 32.2. The van der Waals surface area contributed by atoms with Gasteiger partial charge in [0.2, 0.25) is 5.91 Å². The Labute approximate surface area is 201 Å². The molecule has 170 valence electrons. The molecule has 33 heavy (non-hydrogen) atoms. The zero-order chi connectivity index (χ0) is 23.2. The van der Waals surface area contributed by atoms with Gasteiger partial charge in [0.25, 0.3) is 5.56 Å². The summed E-state index contributed by atoms with van der Waals surface area (Å²) in [6.07, 6.45) is 1.78. The fourth-order valence-electron chi connectivity index (χ4n) is 3.62. The van der Waals surface area contributed by atoms with Crippen molar-refractivity contribution in [2.75, 3.05) is 5.75 Å². The second kappa shape index (κ2) is 10.8. The van der Waals surface area contributed by atoms with E-state index in [1.54, 1.807) is 4.57 Å². The first-order valence-corrected chi connectivity index (χ1v) is 12.7. The molecule has 1 atom stereocenters. The molecule has 0 aliphatic heterocycles. The molecule has 2 aromatic heterocycles. The number of nitrogens with one attached hydrogen (secondary N) is 1. The summed E-state index contributed by atoms with van der Waals surface area (Å²) in [6, 6.07) is 20.0. The third-order valence-corrected chi connectivity index (χ3v) is 7.16. The molecule has 0 aliphatic carbocycles. The maximum Gasteiger partial charge on any atom is 0.273 e. The Hall–Kier alpha value is -2.97. The van der Waals surface area contributed by atoms with E-state index in [-0.39, 0.29) is 23.3 Å². The predicted octanol–water partition coefficient (Wildman–Crippen LogP) is 4.77. The Morgan fingerprint density at radius 3 is 2.52 bits per heavy atom. The molecule has 1 N–H and O–H groups in total. The van der Waals surface area contributed by atoms with Crippen LogP contribution in [-0.4, -0.2) is 31.6 Å². The quantitative estimate of drug-likeness (QED) is 0.277. The number of aryl methyl sites for hydroxylation is 1. The standard InChI is InChI=1S/C25H26N4O2S2/c1-3-29-24(31)23-22(21(28-33-23)19-12-8-5-9-13-19)27-25(29)32-16-20(30)26-17(2)14-15-18-10-6-4-7-11-18/h4-13,17H,3,14-16H2,1-2H3,(H,26,30)/t17-/m1/s1. The van der Waals surface area contributed by atoms with Gasteiger partial charge in [0.15, 0.2) is 5.16 Å². The maximum atomic E-state index is 13.0. The van der Waals surface area contributed by atoms with E-state index in [1.165, 1.54) is 28.9 Å². The average molecular weight is 479 g/mol. The van der Waals surface area contributed by atoms with Gasteiger partial charge in [0.1, 0.15) is 15.9 Å². The summed E-state index contributed by atoms with van der Waals surface area (Å²) >= 11 is 2.46. The zero-order valence-corrected chi connectivity index (χ0v) is 20.3. The first-order valence-electron chi connectivity index (χ1n) is 11.0. The number of amides is 1. The predicted molar refractivity (Wildman–Crippen MR) is 136 cm³/mol. The van der Waals surface area contributed by atoms with Crippen molar-refractivity contribution in [1.29, 1.82) is 0 Å². The summed E-state index contributed by atoms with van der Waals surface area (Å²) in [5.41, 5.74) is 3.38. The Bertz CT molecular complexity index is 1290. The van der Waals surface area contributed by atoms with Gasteiger partial charge in [-0.05, 0) is 43.8 Å². The molecule has 0 saturated carbocycles. The Kier molecular flexibility index (Phi) is 7.57. The number of hydrogen-bond acceptors (Lipinski definition) is 6. The van der Waals surface area contributed by atoms with Crippen molar-refractivity contribution in [1.82, 2.24) is 19.2 Å². The van der Waals surface area contributed by atoms with E-state index in [9.17, 15) is 9.59 Å². The lowest BCUT2D eigenvalue weighted by Crippen LogP contribution is -2.34. The van der Waals surface area contributed by atoms with Crippen molar-refractivity contribution >= 4 is 39.4 Å². The highest BCUT2D eigenvalue weighted by Gasteiger charge is 2.18. The van der Waals surface area contributed by atoms with Crippen molar-refractivity contribution < 1.29 is 4.79 Å². The van der Waals surface area contributed by atoms with Crippen LogP contribution in [0.2, 0.25) is 0 Å². The maximum absolute atomic E-state index is 13.0. The van der Waals surface area contributed by atoms with Gasteiger partial charge < -0.3 is 5.32 Å². The van der Waals surface area contributed by atoms with Crippen LogP contribution in [0.5, 0.6) is 0 Å². The number of nitrogens with zero attached hydrogens (tertiary/aromatic N) is 3. The van der Waals surface area contributed by atoms with Crippen LogP contribution < -0.4 is 10.9 Å². The van der Waals surface area contributed by atoms with Crippen LogP contribution in [0, 0.1) is 0 Å². The van der Waals surface area contributed by atoms with Crippen LogP contribution in [0.3, 0.4) is 0 Å². The number of fused-ring (bicyclic) bond motifs is 1. The van der Waals surface area contributed by atoms with Gasteiger partial charge in [-0.25, -0.2) is 4.98 Å². The van der Waals surface area contributed by atoms with Crippen LogP contribution in [-0.2, 0) is 17.8 Å². The second-order valence-electron chi connectivity index (χ2n) is 7.80. The van der Waals surface area contributed by atoms with Gasteiger partial charge in [-0.1, -0.05) is 72.4 Å². The molecule has 2 aromatic carbocycles. The summed E-state index contributed by atoms with van der Waals surface area (Å²) in [4.78, 5) is 30.4. The summed E-state index contributed by atoms with van der Waals surface area (Å²) in [5, 5.41) is 3.60. The largest absolute Gasteiger partial charge is 0.353 e. The molecule has 2 heterocycles. The van der Waals surface area contributed by atoms with Crippen molar-refractivity contribution in [2.24, 2.45) is 0 Å². The number of hydrogen-bond donors (Lipinski definition) is 1. The van der Waals surface area contributed by atoms with Crippen LogP contribution >= 0.6 is 23.3 Å². The molecular weight excluding hydrogens is 452 g/mol. The highest BCUT2D eigenvalue weighted by molar-refractivity contribution is 7.99. The van der Waals surface area contributed by atoms with Crippen LogP contribution in [0.4, 0.5) is 0 Å².